The van der Waals surface area contributed by atoms with Gasteiger partial charge >= 0.3 is 0 Å². The number of nitrogens with one attached hydrogen (secondary N) is 2. The van der Waals surface area contributed by atoms with Crippen molar-refractivity contribution in [3.63, 3.8) is 0 Å². The zero-order valence-corrected chi connectivity index (χ0v) is 19.2. The molecule has 0 atom stereocenters. The van der Waals surface area contributed by atoms with Gasteiger partial charge in [-0.1, -0.05) is 38.0 Å². The number of hydrogen-bond acceptors (Lipinski definition) is 7. The van der Waals surface area contributed by atoms with E-state index in [2.05, 4.69) is 16.0 Å². The summed E-state index contributed by atoms with van der Waals surface area (Å²) in [5.41, 5.74) is 4.50. The van der Waals surface area contributed by atoms with Gasteiger partial charge < -0.3 is 4.90 Å². The molecule has 0 spiro atoms. The number of hydrazine groups is 1. The first kappa shape index (κ1) is 24.4. The number of non-ortho nitro benzene ring substituents is 1. The van der Waals surface area contributed by atoms with E-state index in [1.54, 1.807) is 43.3 Å². The number of benzene rings is 2. The standard InChI is InChI=1S/C23H26N6O5/c1-4-5-8-13-28-23(32)17-10-7-6-9-16(17)20(26-28)22(31)25-24-21(30)18-14-15(29(33)34)11-12-19(18)27(2)3/h6-7,9-12,14H,4-5,8,13H2,1-3H3,(H,24,30)(H,25,31). The number of aryl methyl sites for hydroxylation is 1. The van der Waals surface area contributed by atoms with Crippen LogP contribution in [0.5, 0.6) is 0 Å². The number of fused-ring (bicyclic) bond motifs is 1. The molecule has 11 nitrogen and oxygen atoms in total. The fourth-order valence-corrected chi connectivity index (χ4v) is 3.52. The molecule has 0 aliphatic heterocycles. The van der Waals surface area contributed by atoms with Crippen molar-refractivity contribution in [1.29, 1.82) is 0 Å². The van der Waals surface area contributed by atoms with Gasteiger partial charge in [-0.15, -0.1) is 0 Å². The Kier molecular flexibility index (Phi) is 7.57. The van der Waals surface area contributed by atoms with E-state index in [-0.39, 0.29) is 22.5 Å². The summed E-state index contributed by atoms with van der Waals surface area (Å²) >= 11 is 0. The lowest BCUT2D eigenvalue weighted by atomic mass is 10.1. The molecule has 1 aromatic heterocycles. The average Bonchev–Trinajstić information content (AvgIpc) is 2.83. The molecular weight excluding hydrogens is 440 g/mol. The molecule has 0 unspecified atom stereocenters. The molecule has 0 aliphatic rings. The summed E-state index contributed by atoms with van der Waals surface area (Å²) in [6, 6.07) is 10.5. The highest BCUT2D eigenvalue weighted by atomic mass is 16.6. The molecule has 2 aromatic carbocycles. The van der Waals surface area contributed by atoms with E-state index in [4.69, 9.17) is 0 Å². The summed E-state index contributed by atoms with van der Waals surface area (Å²) in [6.07, 6.45) is 2.61. The van der Waals surface area contributed by atoms with Gasteiger partial charge in [0.2, 0.25) is 0 Å². The Morgan fingerprint density at radius 2 is 1.74 bits per heavy atom. The van der Waals surface area contributed by atoms with E-state index < -0.39 is 16.7 Å². The number of carbonyl (C=O) groups is 2. The molecule has 0 radical (unpaired) electrons. The van der Waals surface area contributed by atoms with Crippen LogP contribution in [0.3, 0.4) is 0 Å². The molecule has 34 heavy (non-hydrogen) atoms. The lowest BCUT2D eigenvalue weighted by Gasteiger charge is -2.17. The number of nitro groups is 1. The first-order valence-electron chi connectivity index (χ1n) is 10.8. The van der Waals surface area contributed by atoms with Crippen molar-refractivity contribution in [2.75, 3.05) is 19.0 Å². The van der Waals surface area contributed by atoms with E-state index in [0.29, 0.717) is 23.0 Å². The highest BCUT2D eigenvalue weighted by Gasteiger charge is 2.21. The van der Waals surface area contributed by atoms with Gasteiger partial charge in [0.05, 0.1) is 15.9 Å². The molecule has 0 fully saturated rings. The molecule has 0 saturated carbocycles. The Labute approximate surface area is 195 Å². The van der Waals surface area contributed by atoms with Gasteiger partial charge in [-0.2, -0.15) is 5.10 Å². The van der Waals surface area contributed by atoms with E-state index >= 15 is 0 Å². The van der Waals surface area contributed by atoms with Crippen molar-refractivity contribution in [2.45, 2.75) is 32.7 Å². The number of unbranched alkanes of at least 4 members (excludes halogenated alkanes) is 2. The molecule has 178 valence electrons. The number of hydrogen-bond donors (Lipinski definition) is 2. The number of aromatic nitrogens is 2. The summed E-state index contributed by atoms with van der Waals surface area (Å²) in [5, 5.41) is 16.1. The van der Waals surface area contributed by atoms with Gasteiger partial charge in [0.1, 0.15) is 0 Å². The number of carbonyl (C=O) groups excluding carboxylic acids is 2. The molecule has 2 N–H and O–H groups in total. The zero-order chi connectivity index (χ0) is 24.8. The Balaban J connectivity index is 1.89. The smallest absolute Gasteiger partial charge is 0.290 e. The van der Waals surface area contributed by atoms with Gasteiger partial charge in [0.15, 0.2) is 5.69 Å². The SMILES string of the molecule is CCCCCn1nc(C(=O)NNC(=O)c2cc([N+](=O)[O-])ccc2N(C)C)c2ccccc2c1=O. The maximum absolute atomic E-state index is 13.0. The molecule has 3 rings (SSSR count). The Morgan fingerprint density at radius 3 is 2.38 bits per heavy atom. The summed E-state index contributed by atoms with van der Waals surface area (Å²) in [5.74, 6) is -1.45. The minimum absolute atomic E-state index is 0.0149. The van der Waals surface area contributed by atoms with Crippen LogP contribution in [-0.4, -0.2) is 40.6 Å². The van der Waals surface area contributed by atoms with Gasteiger partial charge in [-0.05, 0) is 18.6 Å². The van der Waals surface area contributed by atoms with Crippen LogP contribution in [-0.2, 0) is 6.54 Å². The average molecular weight is 466 g/mol. The van der Waals surface area contributed by atoms with E-state index in [9.17, 15) is 24.5 Å². The Morgan fingerprint density at radius 1 is 1.06 bits per heavy atom. The zero-order valence-electron chi connectivity index (χ0n) is 19.2. The number of nitrogens with zero attached hydrogens (tertiary/aromatic N) is 4. The first-order valence-corrected chi connectivity index (χ1v) is 10.8. The predicted molar refractivity (Wildman–Crippen MR) is 128 cm³/mol. The third kappa shape index (κ3) is 5.20. The van der Waals surface area contributed by atoms with Gasteiger partial charge in [-0.25, -0.2) is 4.68 Å². The molecule has 0 bridgehead atoms. The second-order valence-electron chi connectivity index (χ2n) is 7.89. The van der Waals surface area contributed by atoms with E-state index in [1.165, 1.54) is 16.8 Å². The summed E-state index contributed by atoms with van der Waals surface area (Å²) < 4.78 is 1.26. The van der Waals surface area contributed by atoms with Crippen LogP contribution >= 0.6 is 0 Å². The molecule has 0 saturated heterocycles. The van der Waals surface area contributed by atoms with Crippen LogP contribution in [0.2, 0.25) is 0 Å². The third-order valence-corrected chi connectivity index (χ3v) is 5.26. The molecule has 11 heteroatoms. The van der Waals surface area contributed by atoms with Crippen LogP contribution in [0.1, 0.15) is 47.0 Å². The lowest BCUT2D eigenvalue weighted by molar-refractivity contribution is -0.384. The number of amides is 2. The van der Waals surface area contributed by atoms with Crippen LogP contribution in [0, 0.1) is 10.1 Å². The maximum atomic E-state index is 13.0. The van der Waals surface area contributed by atoms with Crippen LogP contribution in [0.15, 0.2) is 47.3 Å². The topological polar surface area (TPSA) is 139 Å². The molecule has 0 aliphatic carbocycles. The summed E-state index contributed by atoms with van der Waals surface area (Å²) in [7, 11) is 3.38. The summed E-state index contributed by atoms with van der Waals surface area (Å²) in [4.78, 5) is 50.7. The molecule has 3 aromatic rings. The van der Waals surface area contributed by atoms with Crippen molar-refractivity contribution in [3.8, 4) is 0 Å². The molecular formula is C23H26N6O5. The molecule has 1 heterocycles. The van der Waals surface area contributed by atoms with Crippen molar-refractivity contribution in [2.24, 2.45) is 0 Å². The van der Waals surface area contributed by atoms with E-state index in [0.717, 1.165) is 25.3 Å². The van der Waals surface area contributed by atoms with Crippen molar-refractivity contribution in [1.82, 2.24) is 20.6 Å². The van der Waals surface area contributed by atoms with Crippen LogP contribution in [0.4, 0.5) is 11.4 Å². The van der Waals surface area contributed by atoms with Crippen LogP contribution < -0.4 is 21.3 Å². The predicted octanol–water partition coefficient (Wildman–Crippen LogP) is 2.64. The normalized spacial score (nSPS) is 10.7. The van der Waals surface area contributed by atoms with Crippen LogP contribution in [0.25, 0.3) is 10.8 Å². The Bertz CT molecular complexity index is 1300. The summed E-state index contributed by atoms with van der Waals surface area (Å²) in [6.45, 7) is 2.41. The number of nitro benzene ring substituents is 1. The van der Waals surface area contributed by atoms with Crippen molar-refractivity contribution < 1.29 is 14.5 Å². The number of rotatable bonds is 8. The van der Waals surface area contributed by atoms with Crippen molar-refractivity contribution >= 4 is 34.0 Å². The van der Waals surface area contributed by atoms with Crippen molar-refractivity contribution in [3.05, 3.63) is 74.2 Å². The third-order valence-electron chi connectivity index (χ3n) is 5.26. The lowest BCUT2D eigenvalue weighted by Crippen LogP contribution is -2.43. The van der Waals surface area contributed by atoms with Gasteiger partial charge in [0.25, 0.3) is 23.1 Å². The highest BCUT2D eigenvalue weighted by Crippen LogP contribution is 2.24. The van der Waals surface area contributed by atoms with Gasteiger partial charge in [-0.3, -0.25) is 35.3 Å². The minimum Gasteiger partial charge on any atom is -0.377 e. The fourth-order valence-electron chi connectivity index (χ4n) is 3.52. The van der Waals surface area contributed by atoms with E-state index in [1.807, 2.05) is 6.92 Å². The monoisotopic (exact) mass is 466 g/mol. The second kappa shape index (κ2) is 10.6. The largest absolute Gasteiger partial charge is 0.377 e. The first-order chi connectivity index (χ1) is 16.2. The second-order valence-corrected chi connectivity index (χ2v) is 7.89. The Hall–Kier alpha value is -4.28. The number of anilines is 1. The maximum Gasteiger partial charge on any atom is 0.290 e. The molecule has 2 amide bonds. The highest BCUT2D eigenvalue weighted by molar-refractivity contribution is 6.07. The van der Waals surface area contributed by atoms with Gasteiger partial charge in [0, 0.05) is 43.8 Å². The minimum atomic E-state index is -0.735. The quantitative estimate of drug-likeness (QED) is 0.295. The fraction of sp³-hybridized carbons (Fsp3) is 0.304.